The van der Waals surface area contributed by atoms with Crippen LogP contribution >= 0.6 is 11.8 Å². The van der Waals surface area contributed by atoms with Crippen molar-refractivity contribution < 1.29 is 19.1 Å². The van der Waals surface area contributed by atoms with Crippen LogP contribution in [0.25, 0.3) is 0 Å². The van der Waals surface area contributed by atoms with E-state index in [9.17, 15) is 9.59 Å². The Morgan fingerprint density at radius 3 is 2.58 bits per heavy atom. The molecule has 0 bridgehead atoms. The highest BCUT2D eigenvalue weighted by Gasteiger charge is 2.32. The van der Waals surface area contributed by atoms with E-state index < -0.39 is 0 Å². The number of thioether (sulfide) groups is 1. The molecule has 0 amide bonds. The van der Waals surface area contributed by atoms with Crippen LogP contribution in [0.1, 0.15) is 85.0 Å². The Morgan fingerprint density at radius 2 is 1.88 bits per heavy atom. The molecule has 1 unspecified atom stereocenters. The molecule has 0 heterocycles. The van der Waals surface area contributed by atoms with Crippen molar-refractivity contribution in [2.75, 3.05) is 12.4 Å². The lowest BCUT2D eigenvalue weighted by Crippen LogP contribution is -2.34. The molecule has 1 aliphatic rings. The third-order valence-electron chi connectivity index (χ3n) is 4.62. The van der Waals surface area contributed by atoms with Crippen LogP contribution in [0, 0.1) is 0 Å². The summed E-state index contributed by atoms with van der Waals surface area (Å²) < 4.78 is 10.6. The molecule has 0 saturated heterocycles. The van der Waals surface area contributed by atoms with Gasteiger partial charge in [0.1, 0.15) is 6.10 Å². The van der Waals surface area contributed by atoms with E-state index in [-0.39, 0.29) is 23.3 Å². The predicted molar refractivity (Wildman–Crippen MR) is 108 cm³/mol. The minimum Gasteiger partial charge on any atom is -0.465 e. The van der Waals surface area contributed by atoms with Crippen LogP contribution in [0.4, 0.5) is 0 Å². The fraction of sp³-hybridized carbons (Fsp3) is 0.810. The second-order valence-corrected chi connectivity index (χ2v) is 8.04. The molecule has 1 saturated carbocycles. The molecule has 0 aliphatic heterocycles. The zero-order valence-corrected chi connectivity index (χ0v) is 17.6. The van der Waals surface area contributed by atoms with E-state index in [1.54, 1.807) is 11.8 Å². The third-order valence-corrected chi connectivity index (χ3v) is 5.99. The molecule has 0 aromatic rings. The quantitative estimate of drug-likeness (QED) is 0.255. The second-order valence-electron chi connectivity index (χ2n) is 6.91. The normalized spacial score (nSPS) is 21.6. The molecule has 0 radical (unpaired) electrons. The summed E-state index contributed by atoms with van der Waals surface area (Å²) in [6.45, 7) is 5.91. The molecule has 0 aromatic heterocycles. The van der Waals surface area contributed by atoms with E-state index in [1.807, 2.05) is 6.92 Å². The Morgan fingerprint density at radius 1 is 1.15 bits per heavy atom. The van der Waals surface area contributed by atoms with Gasteiger partial charge in [-0.3, -0.25) is 9.59 Å². The van der Waals surface area contributed by atoms with Gasteiger partial charge in [-0.15, -0.1) is 11.8 Å². The molecular formula is C21H36O4S. The summed E-state index contributed by atoms with van der Waals surface area (Å²) in [5.74, 6) is -0.126. The molecule has 0 spiro atoms. The SMILES string of the molecule is CCCCCCCCC=C1CCCC(OC(C)=O)[C@@H]1SCC(=O)OCC. The summed E-state index contributed by atoms with van der Waals surface area (Å²) in [6, 6.07) is 0. The molecular weight excluding hydrogens is 348 g/mol. The first-order chi connectivity index (χ1) is 12.6. The molecule has 1 rings (SSSR count). The maximum Gasteiger partial charge on any atom is 0.315 e. The molecule has 1 fully saturated rings. The van der Waals surface area contributed by atoms with Gasteiger partial charge in [-0.1, -0.05) is 50.7 Å². The van der Waals surface area contributed by atoms with Gasteiger partial charge >= 0.3 is 11.9 Å². The summed E-state index contributed by atoms with van der Waals surface area (Å²) >= 11 is 1.56. The van der Waals surface area contributed by atoms with Gasteiger partial charge in [-0.05, 0) is 39.0 Å². The lowest BCUT2D eigenvalue weighted by molar-refractivity contribution is -0.146. The van der Waals surface area contributed by atoms with Crippen LogP contribution in [0.2, 0.25) is 0 Å². The molecule has 150 valence electrons. The first-order valence-electron chi connectivity index (χ1n) is 10.2. The van der Waals surface area contributed by atoms with E-state index in [1.165, 1.54) is 51.0 Å². The fourth-order valence-corrected chi connectivity index (χ4v) is 4.61. The van der Waals surface area contributed by atoms with E-state index in [0.29, 0.717) is 12.4 Å². The number of hydrogen-bond donors (Lipinski definition) is 0. The highest BCUT2D eigenvalue weighted by atomic mass is 32.2. The predicted octanol–water partition coefficient (Wildman–Crippen LogP) is 5.44. The maximum absolute atomic E-state index is 11.7. The molecule has 26 heavy (non-hydrogen) atoms. The minimum absolute atomic E-state index is 0.0807. The Bertz CT molecular complexity index is 447. The van der Waals surface area contributed by atoms with Crippen LogP contribution in [-0.2, 0) is 19.1 Å². The molecule has 0 N–H and O–H groups in total. The lowest BCUT2D eigenvalue weighted by atomic mass is 9.90. The molecule has 1 aliphatic carbocycles. The average Bonchev–Trinajstić information content (AvgIpc) is 2.60. The average molecular weight is 385 g/mol. The molecule has 2 atom stereocenters. The van der Waals surface area contributed by atoms with Crippen LogP contribution in [0.5, 0.6) is 0 Å². The van der Waals surface area contributed by atoms with Crippen molar-refractivity contribution >= 4 is 23.7 Å². The van der Waals surface area contributed by atoms with Gasteiger partial charge in [0.15, 0.2) is 0 Å². The van der Waals surface area contributed by atoms with Crippen molar-refractivity contribution in [3.63, 3.8) is 0 Å². The third kappa shape index (κ3) is 9.65. The smallest absolute Gasteiger partial charge is 0.315 e. The summed E-state index contributed by atoms with van der Waals surface area (Å²) in [4.78, 5) is 23.2. The van der Waals surface area contributed by atoms with Crippen molar-refractivity contribution in [3.05, 3.63) is 11.6 Å². The molecule has 0 aromatic carbocycles. The number of rotatable bonds is 12. The molecule has 4 nitrogen and oxygen atoms in total. The Hall–Kier alpha value is -0.970. The topological polar surface area (TPSA) is 52.6 Å². The van der Waals surface area contributed by atoms with Crippen molar-refractivity contribution in [2.24, 2.45) is 0 Å². The van der Waals surface area contributed by atoms with Crippen LogP contribution in [-0.4, -0.2) is 35.7 Å². The largest absolute Gasteiger partial charge is 0.465 e. The van der Waals surface area contributed by atoms with Gasteiger partial charge in [0.25, 0.3) is 0 Å². The standard InChI is InChI=1S/C21H36O4S/c1-4-6-7-8-9-10-11-13-18-14-12-15-19(25-17(3)22)21(18)26-16-20(23)24-5-2/h13,19,21H,4-12,14-16H2,1-3H3/t19?,21-/m1/s1. The van der Waals surface area contributed by atoms with Crippen molar-refractivity contribution in [3.8, 4) is 0 Å². The van der Waals surface area contributed by atoms with Gasteiger partial charge in [0.2, 0.25) is 0 Å². The lowest BCUT2D eigenvalue weighted by Gasteiger charge is -2.33. The highest BCUT2D eigenvalue weighted by Crippen LogP contribution is 2.35. The first kappa shape index (κ1) is 23.1. The number of carbonyl (C=O) groups excluding carboxylic acids is 2. The van der Waals surface area contributed by atoms with Gasteiger partial charge in [-0.25, -0.2) is 0 Å². The Kier molecular flexibility index (Phi) is 12.5. The summed E-state index contributed by atoms with van der Waals surface area (Å²) in [6.07, 6.45) is 14.0. The first-order valence-corrected chi connectivity index (χ1v) is 11.3. The van der Waals surface area contributed by atoms with E-state index in [0.717, 1.165) is 25.7 Å². The Balaban J connectivity index is 2.57. The zero-order chi connectivity index (χ0) is 19.2. The number of ether oxygens (including phenoxy) is 2. The maximum atomic E-state index is 11.7. The van der Waals surface area contributed by atoms with Crippen molar-refractivity contribution in [1.82, 2.24) is 0 Å². The highest BCUT2D eigenvalue weighted by molar-refractivity contribution is 8.00. The van der Waals surface area contributed by atoms with Gasteiger partial charge in [0, 0.05) is 6.92 Å². The number of carbonyl (C=O) groups is 2. The van der Waals surface area contributed by atoms with Crippen LogP contribution in [0.15, 0.2) is 11.6 Å². The van der Waals surface area contributed by atoms with Crippen LogP contribution < -0.4 is 0 Å². The monoisotopic (exact) mass is 384 g/mol. The van der Waals surface area contributed by atoms with Crippen LogP contribution in [0.3, 0.4) is 0 Å². The van der Waals surface area contributed by atoms with E-state index >= 15 is 0 Å². The number of hydrogen-bond acceptors (Lipinski definition) is 5. The fourth-order valence-electron chi connectivity index (χ4n) is 3.38. The summed E-state index contributed by atoms with van der Waals surface area (Å²) in [5.41, 5.74) is 1.34. The zero-order valence-electron chi connectivity index (χ0n) is 16.8. The summed E-state index contributed by atoms with van der Waals surface area (Å²) in [7, 11) is 0. The molecule has 5 heteroatoms. The summed E-state index contributed by atoms with van der Waals surface area (Å²) in [5, 5.41) is 0.0807. The van der Waals surface area contributed by atoms with E-state index in [4.69, 9.17) is 9.47 Å². The van der Waals surface area contributed by atoms with Gasteiger partial charge in [-0.2, -0.15) is 0 Å². The second kappa shape index (κ2) is 14.1. The number of allylic oxidation sites excluding steroid dienone is 1. The van der Waals surface area contributed by atoms with Gasteiger partial charge < -0.3 is 9.47 Å². The number of unbranched alkanes of at least 4 members (excludes halogenated alkanes) is 6. The van der Waals surface area contributed by atoms with Gasteiger partial charge in [0.05, 0.1) is 17.6 Å². The van der Waals surface area contributed by atoms with E-state index in [2.05, 4.69) is 13.0 Å². The van der Waals surface area contributed by atoms with Crippen molar-refractivity contribution in [2.45, 2.75) is 96.3 Å². The Labute approximate surface area is 163 Å². The van der Waals surface area contributed by atoms with Crippen molar-refractivity contribution in [1.29, 1.82) is 0 Å². The number of esters is 2. The minimum atomic E-state index is -0.242.